The highest BCUT2D eigenvalue weighted by Crippen LogP contribution is 2.25. The van der Waals surface area contributed by atoms with Crippen LogP contribution in [0.25, 0.3) is 0 Å². The molecule has 1 fully saturated rings. The largest absolute Gasteiger partial charge is 0.301 e. The molecule has 0 aromatic heterocycles. The molecule has 0 N–H and O–H groups in total. The molecule has 1 aliphatic rings. The Labute approximate surface area is 99.7 Å². The Morgan fingerprint density at radius 3 is 2.25 bits per heavy atom. The van der Waals surface area contributed by atoms with Crippen LogP contribution >= 0.6 is 0 Å². The smallest absolute Gasteiger partial charge is 0.0302 e. The molecule has 0 aromatic rings. The number of hydrogen-bond acceptors (Lipinski definition) is 2. The van der Waals surface area contributed by atoms with E-state index in [0.29, 0.717) is 12.6 Å². The standard InChI is InChI=1S/C13H27FN2/c1-11(2)13-6-9-16(10-7-13)12(3)5-8-15(4)14/h11-13H,5-10H2,1-4H3. The first kappa shape index (κ1) is 13.9. The Balaban J connectivity index is 2.24. The lowest BCUT2D eigenvalue weighted by Gasteiger charge is -2.37. The lowest BCUT2D eigenvalue weighted by molar-refractivity contribution is 0.0414. The van der Waals surface area contributed by atoms with Gasteiger partial charge in [-0.15, -0.1) is 9.60 Å². The van der Waals surface area contributed by atoms with Crippen molar-refractivity contribution in [2.45, 2.75) is 46.1 Å². The van der Waals surface area contributed by atoms with Crippen molar-refractivity contribution in [3.63, 3.8) is 0 Å². The second-order valence-electron chi connectivity index (χ2n) is 5.58. The Morgan fingerprint density at radius 2 is 1.81 bits per heavy atom. The van der Waals surface area contributed by atoms with E-state index < -0.39 is 0 Å². The fraction of sp³-hybridized carbons (Fsp3) is 1.00. The first-order valence-electron chi connectivity index (χ1n) is 6.61. The molecule has 96 valence electrons. The summed E-state index contributed by atoms with van der Waals surface area (Å²) in [6.07, 6.45) is 3.56. The lowest BCUT2D eigenvalue weighted by Crippen LogP contribution is -2.41. The molecule has 1 aliphatic heterocycles. The third-order valence-electron chi connectivity index (χ3n) is 4.00. The zero-order valence-corrected chi connectivity index (χ0v) is 11.2. The zero-order valence-electron chi connectivity index (χ0n) is 11.2. The Bertz CT molecular complexity index is 186. The molecule has 0 bridgehead atoms. The molecule has 0 aromatic carbocycles. The molecule has 0 amide bonds. The van der Waals surface area contributed by atoms with Crippen molar-refractivity contribution in [2.75, 3.05) is 26.7 Å². The quantitative estimate of drug-likeness (QED) is 0.670. The van der Waals surface area contributed by atoms with Crippen molar-refractivity contribution in [1.82, 2.24) is 10.0 Å². The third kappa shape index (κ3) is 4.38. The van der Waals surface area contributed by atoms with E-state index in [9.17, 15) is 4.48 Å². The molecule has 1 saturated heterocycles. The molecule has 0 radical (unpaired) electrons. The average Bonchev–Trinajstić information content (AvgIpc) is 2.26. The van der Waals surface area contributed by atoms with Gasteiger partial charge < -0.3 is 4.90 Å². The van der Waals surface area contributed by atoms with E-state index in [-0.39, 0.29) is 0 Å². The topological polar surface area (TPSA) is 6.48 Å². The van der Waals surface area contributed by atoms with Gasteiger partial charge in [-0.3, -0.25) is 0 Å². The van der Waals surface area contributed by atoms with Crippen LogP contribution in [0.15, 0.2) is 0 Å². The lowest BCUT2D eigenvalue weighted by atomic mass is 9.86. The minimum absolute atomic E-state index is 0.520. The van der Waals surface area contributed by atoms with Crippen LogP contribution in [0.1, 0.15) is 40.0 Å². The van der Waals surface area contributed by atoms with E-state index in [1.165, 1.54) is 33.0 Å². The molecule has 3 heteroatoms. The molecule has 0 saturated carbocycles. The highest BCUT2D eigenvalue weighted by atomic mass is 19.2. The van der Waals surface area contributed by atoms with E-state index >= 15 is 0 Å². The van der Waals surface area contributed by atoms with Gasteiger partial charge in [0.2, 0.25) is 0 Å². The number of piperidine rings is 1. The van der Waals surface area contributed by atoms with Gasteiger partial charge in [-0.25, -0.2) is 0 Å². The first-order valence-corrected chi connectivity index (χ1v) is 6.61. The van der Waals surface area contributed by atoms with Gasteiger partial charge in [0.15, 0.2) is 0 Å². The van der Waals surface area contributed by atoms with Gasteiger partial charge in [0.25, 0.3) is 0 Å². The molecule has 16 heavy (non-hydrogen) atoms. The monoisotopic (exact) mass is 230 g/mol. The Hall–Kier alpha value is -0.150. The molecular formula is C13H27FN2. The first-order chi connectivity index (χ1) is 7.50. The van der Waals surface area contributed by atoms with Crippen LogP contribution in [0.4, 0.5) is 4.48 Å². The van der Waals surface area contributed by atoms with Crippen molar-refractivity contribution >= 4 is 0 Å². The van der Waals surface area contributed by atoms with Crippen molar-refractivity contribution in [1.29, 1.82) is 0 Å². The van der Waals surface area contributed by atoms with Gasteiger partial charge in [-0.1, -0.05) is 13.8 Å². The normalized spacial score (nSPS) is 21.9. The van der Waals surface area contributed by atoms with E-state index in [1.54, 1.807) is 0 Å². The predicted octanol–water partition coefficient (Wildman–Crippen LogP) is 2.95. The van der Waals surface area contributed by atoms with Gasteiger partial charge in [0.05, 0.1) is 0 Å². The minimum Gasteiger partial charge on any atom is -0.301 e. The molecule has 1 atom stereocenters. The van der Waals surface area contributed by atoms with Crippen LogP contribution in [0.2, 0.25) is 0 Å². The summed E-state index contributed by atoms with van der Waals surface area (Å²) in [5.74, 6) is 1.71. The average molecular weight is 230 g/mol. The van der Waals surface area contributed by atoms with Gasteiger partial charge in [0.1, 0.15) is 0 Å². The van der Waals surface area contributed by atoms with Crippen LogP contribution in [-0.2, 0) is 0 Å². The Morgan fingerprint density at radius 1 is 1.25 bits per heavy atom. The summed E-state index contributed by atoms with van der Waals surface area (Å²) < 4.78 is 12.6. The summed E-state index contributed by atoms with van der Waals surface area (Å²) in [4.78, 5) is 2.52. The molecule has 2 nitrogen and oxygen atoms in total. The van der Waals surface area contributed by atoms with Crippen LogP contribution < -0.4 is 0 Å². The van der Waals surface area contributed by atoms with E-state index in [2.05, 4.69) is 25.7 Å². The fourth-order valence-electron chi connectivity index (χ4n) is 2.57. The van der Waals surface area contributed by atoms with Crippen molar-refractivity contribution < 1.29 is 4.48 Å². The van der Waals surface area contributed by atoms with Gasteiger partial charge in [-0.2, -0.15) is 0 Å². The van der Waals surface area contributed by atoms with E-state index in [4.69, 9.17) is 0 Å². The van der Waals surface area contributed by atoms with Crippen molar-refractivity contribution in [2.24, 2.45) is 11.8 Å². The zero-order chi connectivity index (χ0) is 12.1. The number of likely N-dealkylation sites (tertiary alicyclic amines) is 1. The molecule has 0 spiro atoms. The number of halogens is 1. The maximum Gasteiger partial charge on any atom is 0.0302 e. The van der Waals surface area contributed by atoms with Crippen molar-refractivity contribution in [3.05, 3.63) is 0 Å². The number of rotatable bonds is 5. The number of hydrogen-bond donors (Lipinski definition) is 0. The summed E-state index contributed by atoms with van der Waals surface area (Å²) in [6, 6.07) is 0.520. The Kier molecular flexibility index (Phi) is 5.70. The summed E-state index contributed by atoms with van der Waals surface area (Å²) in [5, 5.41) is 0.789. The van der Waals surface area contributed by atoms with Crippen LogP contribution in [0.3, 0.4) is 0 Å². The van der Waals surface area contributed by atoms with Gasteiger partial charge >= 0.3 is 0 Å². The van der Waals surface area contributed by atoms with Gasteiger partial charge in [0, 0.05) is 19.6 Å². The highest BCUT2D eigenvalue weighted by Gasteiger charge is 2.24. The van der Waals surface area contributed by atoms with E-state index in [1.807, 2.05) is 0 Å². The second kappa shape index (κ2) is 6.55. The summed E-state index contributed by atoms with van der Waals surface area (Å²) in [5.41, 5.74) is 0. The molecule has 1 rings (SSSR count). The third-order valence-corrected chi connectivity index (χ3v) is 4.00. The summed E-state index contributed by atoms with van der Waals surface area (Å²) in [6.45, 7) is 9.80. The molecule has 1 heterocycles. The maximum absolute atomic E-state index is 12.6. The number of nitrogens with zero attached hydrogens (tertiary/aromatic N) is 2. The fourth-order valence-corrected chi connectivity index (χ4v) is 2.57. The molecule has 0 aliphatic carbocycles. The van der Waals surface area contributed by atoms with Crippen LogP contribution in [0.5, 0.6) is 0 Å². The summed E-state index contributed by atoms with van der Waals surface area (Å²) >= 11 is 0. The minimum atomic E-state index is 0.520. The SMILES string of the molecule is CC(C)C1CCN(C(C)CCN(C)F)CC1. The predicted molar refractivity (Wildman–Crippen MR) is 67.0 cm³/mol. The second-order valence-corrected chi connectivity index (χ2v) is 5.58. The van der Waals surface area contributed by atoms with Gasteiger partial charge in [-0.05, 0) is 51.1 Å². The van der Waals surface area contributed by atoms with Crippen molar-refractivity contribution in [3.8, 4) is 0 Å². The molecule has 1 unspecified atom stereocenters. The maximum atomic E-state index is 12.6. The van der Waals surface area contributed by atoms with Crippen LogP contribution in [0, 0.1) is 11.8 Å². The van der Waals surface area contributed by atoms with Crippen LogP contribution in [-0.4, -0.2) is 42.7 Å². The summed E-state index contributed by atoms with van der Waals surface area (Å²) in [7, 11) is 1.50. The van der Waals surface area contributed by atoms with E-state index in [0.717, 1.165) is 23.4 Å². The highest BCUT2D eigenvalue weighted by molar-refractivity contribution is 4.77. The molecular weight excluding hydrogens is 203 g/mol.